The number of rotatable bonds is 8. The highest BCUT2D eigenvalue weighted by molar-refractivity contribution is 5.95. The molecule has 27 heavy (non-hydrogen) atoms. The first-order chi connectivity index (χ1) is 13.1. The van der Waals surface area contributed by atoms with Gasteiger partial charge in [0, 0.05) is 18.2 Å². The lowest BCUT2D eigenvalue weighted by molar-refractivity contribution is -0.116. The number of carbonyl (C=O) groups is 1. The fraction of sp³-hybridized carbons (Fsp3) is 0.391. The lowest BCUT2D eigenvalue weighted by atomic mass is 10.1. The minimum absolute atomic E-state index is 0.0590. The standard InChI is InChI=1S/C23H29N3O/c1-4-5-6-7-8-13-21(27)25-23-22(19-12-10-9-11-18(19)3)24-20-16-17(2)14-15-26(20)23/h9-12,14-16H,4-8,13H2,1-3H3,(H,25,27). The van der Waals surface area contributed by atoms with E-state index in [9.17, 15) is 4.79 Å². The molecule has 1 N–H and O–H groups in total. The molecule has 3 rings (SSSR count). The Kier molecular flexibility index (Phi) is 6.28. The molecule has 0 bridgehead atoms. The van der Waals surface area contributed by atoms with E-state index in [0.717, 1.165) is 46.7 Å². The maximum atomic E-state index is 12.6. The summed E-state index contributed by atoms with van der Waals surface area (Å²) in [6, 6.07) is 12.2. The van der Waals surface area contributed by atoms with E-state index >= 15 is 0 Å². The summed E-state index contributed by atoms with van der Waals surface area (Å²) in [5.74, 6) is 0.821. The fourth-order valence-electron chi connectivity index (χ4n) is 3.38. The van der Waals surface area contributed by atoms with Crippen molar-refractivity contribution in [1.29, 1.82) is 0 Å². The van der Waals surface area contributed by atoms with Crippen LogP contribution in [-0.2, 0) is 4.79 Å². The summed E-state index contributed by atoms with van der Waals surface area (Å²) in [5, 5.41) is 3.13. The third-order valence-corrected chi connectivity index (χ3v) is 4.95. The van der Waals surface area contributed by atoms with Crippen LogP contribution in [0, 0.1) is 13.8 Å². The molecule has 0 radical (unpaired) electrons. The summed E-state index contributed by atoms with van der Waals surface area (Å²) in [5.41, 5.74) is 5.03. The van der Waals surface area contributed by atoms with Crippen LogP contribution < -0.4 is 5.32 Å². The number of nitrogens with one attached hydrogen (secondary N) is 1. The van der Waals surface area contributed by atoms with E-state index < -0.39 is 0 Å². The van der Waals surface area contributed by atoms with Gasteiger partial charge in [0.05, 0.1) is 0 Å². The Hall–Kier alpha value is -2.62. The van der Waals surface area contributed by atoms with Crippen molar-refractivity contribution in [1.82, 2.24) is 9.38 Å². The van der Waals surface area contributed by atoms with Crippen LogP contribution in [0.3, 0.4) is 0 Å². The van der Waals surface area contributed by atoms with Crippen molar-refractivity contribution in [3.63, 3.8) is 0 Å². The largest absolute Gasteiger partial charge is 0.310 e. The van der Waals surface area contributed by atoms with Gasteiger partial charge in [0.2, 0.25) is 5.91 Å². The molecule has 0 saturated heterocycles. The van der Waals surface area contributed by atoms with Crippen molar-refractivity contribution in [2.24, 2.45) is 0 Å². The molecule has 142 valence electrons. The number of hydrogen-bond donors (Lipinski definition) is 1. The fourth-order valence-corrected chi connectivity index (χ4v) is 3.38. The smallest absolute Gasteiger partial charge is 0.225 e. The Morgan fingerprint density at radius 3 is 2.63 bits per heavy atom. The second kappa shape index (κ2) is 8.85. The van der Waals surface area contributed by atoms with Crippen LogP contribution in [0.5, 0.6) is 0 Å². The van der Waals surface area contributed by atoms with Crippen molar-refractivity contribution in [3.05, 3.63) is 53.7 Å². The van der Waals surface area contributed by atoms with Gasteiger partial charge in [-0.2, -0.15) is 0 Å². The van der Waals surface area contributed by atoms with Gasteiger partial charge >= 0.3 is 0 Å². The average molecular weight is 364 g/mol. The SMILES string of the molecule is CCCCCCCC(=O)Nc1c(-c2ccccc2C)nc2cc(C)ccn12. The molecule has 2 aromatic heterocycles. The summed E-state index contributed by atoms with van der Waals surface area (Å²) in [7, 11) is 0. The van der Waals surface area contributed by atoms with Crippen molar-refractivity contribution in [3.8, 4) is 11.3 Å². The number of carbonyl (C=O) groups excluding carboxylic acids is 1. The van der Waals surface area contributed by atoms with Gasteiger partial charge in [-0.25, -0.2) is 4.98 Å². The minimum atomic E-state index is 0.0590. The topological polar surface area (TPSA) is 46.4 Å². The molecule has 0 aliphatic heterocycles. The van der Waals surface area contributed by atoms with Gasteiger partial charge in [-0.1, -0.05) is 56.9 Å². The average Bonchev–Trinajstić information content (AvgIpc) is 2.99. The summed E-state index contributed by atoms with van der Waals surface area (Å²) in [6.45, 7) is 6.33. The number of unbranched alkanes of at least 4 members (excludes halogenated alkanes) is 4. The summed E-state index contributed by atoms with van der Waals surface area (Å²) >= 11 is 0. The first kappa shape index (κ1) is 19.2. The molecule has 4 heteroatoms. The first-order valence-electron chi connectivity index (χ1n) is 9.94. The first-order valence-corrected chi connectivity index (χ1v) is 9.94. The molecule has 4 nitrogen and oxygen atoms in total. The summed E-state index contributed by atoms with van der Waals surface area (Å²) in [4.78, 5) is 17.4. The highest BCUT2D eigenvalue weighted by Crippen LogP contribution is 2.31. The van der Waals surface area contributed by atoms with Gasteiger partial charge in [-0.15, -0.1) is 0 Å². The number of imidazole rings is 1. The second-order valence-corrected chi connectivity index (χ2v) is 7.27. The Labute approximate surface area is 161 Å². The van der Waals surface area contributed by atoms with Crippen molar-refractivity contribution < 1.29 is 4.79 Å². The molecule has 0 fully saturated rings. The van der Waals surface area contributed by atoms with Gasteiger partial charge in [-0.05, 0) is 43.5 Å². The summed E-state index contributed by atoms with van der Waals surface area (Å²) in [6.07, 6.45) is 8.23. The van der Waals surface area contributed by atoms with E-state index in [-0.39, 0.29) is 5.91 Å². The molecular formula is C23H29N3O. The molecule has 0 saturated carbocycles. The highest BCUT2D eigenvalue weighted by atomic mass is 16.1. The van der Waals surface area contributed by atoms with Crippen LogP contribution >= 0.6 is 0 Å². The monoisotopic (exact) mass is 363 g/mol. The van der Waals surface area contributed by atoms with Crippen LogP contribution in [0.1, 0.15) is 56.6 Å². The van der Waals surface area contributed by atoms with E-state index in [1.165, 1.54) is 19.3 Å². The molecule has 0 spiro atoms. The zero-order chi connectivity index (χ0) is 19.2. The zero-order valence-electron chi connectivity index (χ0n) is 16.6. The normalized spacial score (nSPS) is 11.1. The Morgan fingerprint density at radius 1 is 1.07 bits per heavy atom. The van der Waals surface area contributed by atoms with Crippen LogP contribution in [0.2, 0.25) is 0 Å². The number of nitrogens with zero attached hydrogens (tertiary/aromatic N) is 2. The zero-order valence-corrected chi connectivity index (χ0v) is 16.6. The van der Waals surface area contributed by atoms with Crippen molar-refractivity contribution in [2.45, 2.75) is 59.3 Å². The molecule has 0 unspecified atom stereocenters. The predicted molar refractivity (Wildman–Crippen MR) is 112 cm³/mol. The van der Waals surface area contributed by atoms with Crippen LogP contribution in [-0.4, -0.2) is 15.3 Å². The van der Waals surface area contributed by atoms with Crippen molar-refractivity contribution in [2.75, 3.05) is 5.32 Å². The lowest BCUT2D eigenvalue weighted by Crippen LogP contribution is -2.13. The van der Waals surface area contributed by atoms with Gasteiger partial charge in [0.15, 0.2) is 0 Å². The van der Waals surface area contributed by atoms with E-state index in [2.05, 4.69) is 38.2 Å². The van der Waals surface area contributed by atoms with E-state index in [0.29, 0.717) is 6.42 Å². The number of benzene rings is 1. The second-order valence-electron chi connectivity index (χ2n) is 7.27. The highest BCUT2D eigenvalue weighted by Gasteiger charge is 2.17. The third kappa shape index (κ3) is 4.57. The number of fused-ring (bicyclic) bond motifs is 1. The van der Waals surface area contributed by atoms with Gasteiger partial charge in [0.25, 0.3) is 0 Å². The van der Waals surface area contributed by atoms with E-state index in [1.54, 1.807) is 0 Å². The number of anilines is 1. The maximum Gasteiger partial charge on any atom is 0.225 e. The summed E-state index contributed by atoms with van der Waals surface area (Å²) < 4.78 is 1.98. The minimum Gasteiger partial charge on any atom is -0.310 e. The molecule has 0 aliphatic carbocycles. The van der Waals surface area contributed by atoms with Crippen LogP contribution in [0.25, 0.3) is 16.9 Å². The molecule has 2 heterocycles. The van der Waals surface area contributed by atoms with E-state index in [1.807, 2.05) is 34.9 Å². The lowest BCUT2D eigenvalue weighted by Gasteiger charge is -2.09. The predicted octanol–water partition coefficient (Wildman–Crippen LogP) is 5.92. The molecular weight excluding hydrogens is 334 g/mol. The van der Waals surface area contributed by atoms with Crippen LogP contribution in [0.15, 0.2) is 42.6 Å². The number of aromatic nitrogens is 2. The van der Waals surface area contributed by atoms with Gasteiger partial charge < -0.3 is 5.32 Å². The Bertz CT molecular complexity index is 927. The van der Waals surface area contributed by atoms with Gasteiger partial charge in [-0.3, -0.25) is 9.20 Å². The number of hydrogen-bond acceptors (Lipinski definition) is 2. The molecule has 1 aromatic carbocycles. The van der Waals surface area contributed by atoms with Crippen molar-refractivity contribution >= 4 is 17.4 Å². The number of aryl methyl sites for hydroxylation is 2. The Morgan fingerprint density at radius 2 is 1.85 bits per heavy atom. The van der Waals surface area contributed by atoms with E-state index in [4.69, 9.17) is 4.98 Å². The third-order valence-electron chi connectivity index (χ3n) is 4.95. The molecule has 1 amide bonds. The number of pyridine rings is 1. The maximum absolute atomic E-state index is 12.6. The Balaban J connectivity index is 1.87. The quantitative estimate of drug-likeness (QED) is 0.505. The number of amides is 1. The molecule has 0 atom stereocenters. The molecule has 0 aliphatic rings. The van der Waals surface area contributed by atoms with Crippen LogP contribution in [0.4, 0.5) is 5.82 Å². The van der Waals surface area contributed by atoms with Gasteiger partial charge in [0.1, 0.15) is 17.2 Å². The molecule has 3 aromatic rings.